The van der Waals surface area contributed by atoms with Crippen LogP contribution in [0.3, 0.4) is 0 Å². The zero-order valence-electron chi connectivity index (χ0n) is 14.9. The van der Waals surface area contributed by atoms with Gasteiger partial charge in [0.25, 0.3) is 5.56 Å². The highest BCUT2D eigenvalue weighted by atomic mass is 16.1. The lowest BCUT2D eigenvalue weighted by molar-refractivity contribution is 0.301. The van der Waals surface area contributed by atoms with Crippen molar-refractivity contribution < 1.29 is 0 Å². The molecule has 0 aromatic carbocycles. The van der Waals surface area contributed by atoms with Crippen LogP contribution in [0.2, 0.25) is 0 Å². The zero-order valence-corrected chi connectivity index (χ0v) is 14.9. The van der Waals surface area contributed by atoms with Crippen LogP contribution in [-0.4, -0.2) is 52.2 Å². The van der Waals surface area contributed by atoms with Crippen molar-refractivity contribution in [1.29, 1.82) is 0 Å². The van der Waals surface area contributed by atoms with Crippen molar-refractivity contribution in [2.75, 3.05) is 37.6 Å². The minimum atomic E-state index is 0.0858. The van der Waals surface area contributed by atoms with Crippen LogP contribution >= 0.6 is 0 Å². The fourth-order valence-corrected chi connectivity index (χ4v) is 4.18. The molecule has 0 bridgehead atoms. The quantitative estimate of drug-likeness (QED) is 0.841. The van der Waals surface area contributed by atoms with E-state index in [9.17, 15) is 4.79 Å². The number of likely N-dealkylation sites (tertiary alicyclic amines) is 1. The Labute approximate surface area is 148 Å². The third kappa shape index (κ3) is 3.18. The summed E-state index contributed by atoms with van der Waals surface area (Å²) in [4.78, 5) is 25.5. The lowest BCUT2D eigenvalue weighted by atomic mass is 10.0. The van der Waals surface area contributed by atoms with E-state index in [1.165, 1.54) is 5.56 Å². The Kier molecular flexibility index (Phi) is 4.29. The number of aromatic nitrogens is 3. The second-order valence-electron chi connectivity index (χ2n) is 7.32. The maximum Gasteiger partial charge on any atom is 0.250 e. The molecule has 6 heteroatoms. The summed E-state index contributed by atoms with van der Waals surface area (Å²) in [5.41, 5.74) is 2.35. The van der Waals surface area contributed by atoms with E-state index in [0.29, 0.717) is 11.8 Å². The molecule has 0 aliphatic carbocycles. The first-order chi connectivity index (χ1) is 12.1. The highest BCUT2D eigenvalue weighted by molar-refractivity contribution is 5.48. The van der Waals surface area contributed by atoms with E-state index in [1.54, 1.807) is 23.0 Å². The van der Waals surface area contributed by atoms with E-state index in [4.69, 9.17) is 0 Å². The number of hydrogen-bond acceptors (Lipinski definition) is 5. The third-order valence-corrected chi connectivity index (χ3v) is 5.73. The molecule has 0 spiro atoms. The number of anilines is 1. The van der Waals surface area contributed by atoms with Crippen LogP contribution in [0.25, 0.3) is 0 Å². The van der Waals surface area contributed by atoms with Crippen molar-refractivity contribution in [2.24, 2.45) is 11.8 Å². The Morgan fingerprint density at radius 3 is 2.52 bits per heavy atom. The predicted octanol–water partition coefficient (Wildman–Crippen LogP) is 1.32. The molecule has 25 heavy (non-hydrogen) atoms. The first-order valence-corrected chi connectivity index (χ1v) is 9.03. The first kappa shape index (κ1) is 16.3. The van der Waals surface area contributed by atoms with Crippen LogP contribution in [-0.2, 0) is 6.54 Å². The molecular formula is C19H25N5O. The molecule has 2 aliphatic heterocycles. The Morgan fingerprint density at radius 2 is 1.80 bits per heavy atom. The molecule has 0 radical (unpaired) electrons. The number of hydrogen-bond donors (Lipinski definition) is 0. The standard InChI is InChI=1S/C19H25N5O/c1-14-15(2)20-13-21-19(14)24-11-16-9-22(10-17(16)12-24)7-8-23-6-4-3-5-18(23)25/h3-6,13,16-17H,7-12H2,1-2H3. The SMILES string of the molecule is Cc1ncnc(N2CC3CN(CCn4ccccc4=O)CC3C2)c1C. The molecule has 4 heterocycles. The van der Waals surface area contributed by atoms with Crippen LogP contribution in [0.4, 0.5) is 5.82 Å². The van der Waals surface area contributed by atoms with Crippen molar-refractivity contribution in [3.63, 3.8) is 0 Å². The highest BCUT2D eigenvalue weighted by Crippen LogP contribution is 2.34. The van der Waals surface area contributed by atoms with Gasteiger partial charge in [-0.1, -0.05) is 6.07 Å². The molecule has 2 unspecified atom stereocenters. The number of nitrogens with zero attached hydrogens (tertiary/aromatic N) is 5. The molecule has 2 fully saturated rings. The van der Waals surface area contributed by atoms with E-state index >= 15 is 0 Å². The molecule has 0 N–H and O–H groups in total. The van der Waals surface area contributed by atoms with Gasteiger partial charge in [0.05, 0.1) is 0 Å². The van der Waals surface area contributed by atoms with Crippen LogP contribution in [0.15, 0.2) is 35.5 Å². The van der Waals surface area contributed by atoms with Crippen molar-refractivity contribution in [2.45, 2.75) is 20.4 Å². The molecule has 4 rings (SSSR count). The van der Waals surface area contributed by atoms with Gasteiger partial charge >= 0.3 is 0 Å². The third-order valence-electron chi connectivity index (χ3n) is 5.73. The van der Waals surface area contributed by atoms with Gasteiger partial charge in [-0.15, -0.1) is 0 Å². The maximum atomic E-state index is 11.8. The van der Waals surface area contributed by atoms with Crippen LogP contribution < -0.4 is 10.5 Å². The molecule has 0 saturated carbocycles. The molecular weight excluding hydrogens is 314 g/mol. The molecule has 132 valence electrons. The molecule has 2 aromatic heterocycles. The minimum Gasteiger partial charge on any atom is -0.356 e. The van der Waals surface area contributed by atoms with Gasteiger partial charge < -0.3 is 14.4 Å². The normalized spacial score (nSPS) is 23.2. The first-order valence-electron chi connectivity index (χ1n) is 9.03. The van der Waals surface area contributed by atoms with E-state index < -0.39 is 0 Å². The number of aryl methyl sites for hydroxylation is 1. The van der Waals surface area contributed by atoms with Gasteiger partial charge in [-0.25, -0.2) is 9.97 Å². The van der Waals surface area contributed by atoms with Crippen LogP contribution in [0, 0.1) is 25.7 Å². The van der Waals surface area contributed by atoms with Crippen molar-refractivity contribution in [3.8, 4) is 0 Å². The van der Waals surface area contributed by atoms with Gasteiger partial charge in [-0.2, -0.15) is 0 Å². The zero-order chi connectivity index (χ0) is 17.4. The number of rotatable bonds is 4. The van der Waals surface area contributed by atoms with E-state index in [-0.39, 0.29) is 5.56 Å². The predicted molar refractivity (Wildman–Crippen MR) is 97.8 cm³/mol. The van der Waals surface area contributed by atoms with Crippen molar-refractivity contribution in [1.82, 2.24) is 19.4 Å². The van der Waals surface area contributed by atoms with E-state index in [2.05, 4.69) is 26.7 Å². The average molecular weight is 339 g/mol. The van der Waals surface area contributed by atoms with E-state index in [1.807, 2.05) is 19.2 Å². The molecule has 2 atom stereocenters. The van der Waals surface area contributed by atoms with Crippen LogP contribution in [0.5, 0.6) is 0 Å². The lowest BCUT2D eigenvalue weighted by Crippen LogP contribution is -2.33. The van der Waals surface area contributed by atoms with Gasteiger partial charge in [0.1, 0.15) is 12.1 Å². The van der Waals surface area contributed by atoms with Crippen molar-refractivity contribution in [3.05, 3.63) is 52.3 Å². The summed E-state index contributed by atoms with van der Waals surface area (Å²) in [6, 6.07) is 5.34. The molecule has 2 aliphatic rings. The summed E-state index contributed by atoms with van der Waals surface area (Å²) in [6.07, 6.45) is 3.55. The average Bonchev–Trinajstić information content (AvgIpc) is 3.15. The fraction of sp³-hybridized carbons (Fsp3) is 0.526. The number of pyridine rings is 1. The summed E-state index contributed by atoms with van der Waals surface area (Å²) in [5.74, 6) is 2.49. The summed E-state index contributed by atoms with van der Waals surface area (Å²) in [6.45, 7) is 10.3. The highest BCUT2D eigenvalue weighted by Gasteiger charge is 2.40. The summed E-state index contributed by atoms with van der Waals surface area (Å²) < 4.78 is 1.80. The molecule has 2 saturated heterocycles. The van der Waals surface area contributed by atoms with Gasteiger partial charge in [0.2, 0.25) is 0 Å². The Hall–Kier alpha value is -2.21. The van der Waals surface area contributed by atoms with Crippen molar-refractivity contribution >= 4 is 5.82 Å². The summed E-state index contributed by atoms with van der Waals surface area (Å²) >= 11 is 0. The monoisotopic (exact) mass is 339 g/mol. The van der Waals surface area contributed by atoms with Gasteiger partial charge in [-0.05, 0) is 31.7 Å². The van der Waals surface area contributed by atoms with Gasteiger partial charge in [0.15, 0.2) is 0 Å². The second-order valence-corrected chi connectivity index (χ2v) is 7.32. The second kappa shape index (κ2) is 6.59. The topological polar surface area (TPSA) is 54.3 Å². The smallest absolute Gasteiger partial charge is 0.250 e. The fourth-order valence-electron chi connectivity index (χ4n) is 4.18. The number of fused-ring (bicyclic) bond motifs is 1. The maximum absolute atomic E-state index is 11.8. The molecule has 2 aromatic rings. The minimum absolute atomic E-state index is 0.0858. The Balaban J connectivity index is 1.35. The Morgan fingerprint density at radius 1 is 1.04 bits per heavy atom. The molecule has 0 amide bonds. The van der Waals surface area contributed by atoms with Gasteiger partial charge in [0, 0.05) is 62.8 Å². The lowest BCUT2D eigenvalue weighted by Gasteiger charge is -2.23. The van der Waals surface area contributed by atoms with E-state index in [0.717, 1.165) is 50.8 Å². The molecule has 6 nitrogen and oxygen atoms in total. The Bertz CT molecular complexity index is 803. The van der Waals surface area contributed by atoms with Crippen LogP contribution in [0.1, 0.15) is 11.3 Å². The van der Waals surface area contributed by atoms with Gasteiger partial charge in [-0.3, -0.25) is 4.79 Å². The summed E-state index contributed by atoms with van der Waals surface area (Å²) in [5, 5.41) is 0. The largest absolute Gasteiger partial charge is 0.356 e. The summed E-state index contributed by atoms with van der Waals surface area (Å²) in [7, 11) is 0.